The van der Waals surface area contributed by atoms with Crippen LogP contribution in [0.25, 0.3) is 10.9 Å². The van der Waals surface area contributed by atoms with Gasteiger partial charge in [0.05, 0.1) is 6.07 Å². The molecule has 2 heterocycles. The van der Waals surface area contributed by atoms with E-state index in [1.165, 1.54) is 0 Å². The molecule has 182 valence electrons. The number of aromatic amines is 1. The van der Waals surface area contributed by atoms with Crippen LogP contribution in [0.1, 0.15) is 30.4 Å². The van der Waals surface area contributed by atoms with Gasteiger partial charge in [-0.3, -0.25) is 9.59 Å². The van der Waals surface area contributed by atoms with Crippen molar-refractivity contribution >= 4 is 40.0 Å². The summed E-state index contributed by atoms with van der Waals surface area (Å²) in [5.41, 5.74) is 3.74. The maximum absolute atomic E-state index is 14.2. The maximum atomic E-state index is 14.2. The zero-order chi connectivity index (χ0) is 25.1. The number of para-hydroxylation sites is 1. The maximum Gasteiger partial charge on any atom is 0.250 e. The summed E-state index contributed by atoms with van der Waals surface area (Å²) >= 11 is 6.29. The molecule has 3 aromatic rings. The van der Waals surface area contributed by atoms with Gasteiger partial charge in [-0.1, -0.05) is 36.7 Å². The molecule has 1 aliphatic rings. The van der Waals surface area contributed by atoms with E-state index in [0.29, 0.717) is 11.6 Å². The van der Waals surface area contributed by atoms with Crippen molar-refractivity contribution in [2.24, 2.45) is 5.92 Å². The van der Waals surface area contributed by atoms with E-state index in [4.69, 9.17) is 16.9 Å². The third-order valence-electron chi connectivity index (χ3n) is 6.61. The van der Waals surface area contributed by atoms with Gasteiger partial charge in [0, 0.05) is 46.8 Å². The third-order valence-corrected chi connectivity index (χ3v) is 6.84. The predicted octanol–water partition coefficient (Wildman–Crippen LogP) is 4.09. The van der Waals surface area contributed by atoms with Crippen molar-refractivity contribution in [1.82, 2.24) is 15.2 Å². The minimum absolute atomic E-state index is 0.193. The van der Waals surface area contributed by atoms with E-state index in [1.807, 2.05) is 69.7 Å². The number of rotatable bonds is 7. The van der Waals surface area contributed by atoms with Gasteiger partial charge >= 0.3 is 0 Å². The van der Waals surface area contributed by atoms with Gasteiger partial charge in [-0.15, -0.1) is 0 Å². The molecule has 8 heteroatoms. The van der Waals surface area contributed by atoms with Crippen LogP contribution in [0.4, 0.5) is 5.69 Å². The molecule has 0 saturated carbocycles. The van der Waals surface area contributed by atoms with Crippen molar-refractivity contribution in [2.75, 3.05) is 32.1 Å². The predicted molar refractivity (Wildman–Crippen MR) is 138 cm³/mol. The minimum Gasteiger partial charge on any atom is -0.361 e. The Morgan fingerprint density at radius 3 is 2.80 bits per heavy atom. The van der Waals surface area contributed by atoms with Crippen molar-refractivity contribution in [2.45, 2.75) is 31.7 Å². The number of amides is 2. The lowest BCUT2D eigenvalue weighted by molar-refractivity contribution is -0.127. The lowest BCUT2D eigenvalue weighted by atomic mass is 9.88. The monoisotopic (exact) mass is 491 g/mol. The number of carbonyl (C=O) groups is 2. The van der Waals surface area contributed by atoms with Crippen LogP contribution in [0.15, 0.2) is 48.7 Å². The van der Waals surface area contributed by atoms with Gasteiger partial charge in [0.2, 0.25) is 11.8 Å². The number of H-pyrrole nitrogens is 1. The second kappa shape index (κ2) is 10.5. The Labute approximate surface area is 210 Å². The quantitative estimate of drug-likeness (QED) is 0.520. The number of benzene rings is 2. The summed E-state index contributed by atoms with van der Waals surface area (Å²) in [6.07, 6.45) is 2.41. The molecule has 2 amide bonds. The molecule has 2 aromatic carbocycles. The lowest BCUT2D eigenvalue weighted by Crippen LogP contribution is -2.54. The highest BCUT2D eigenvalue weighted by atomic mass is 35.5. The van der Waals surface area contributed by atoms with Crippen LogP contribution >= 0.6 is 11.6 Å². The number of aromatic nitrogens is 1. The van der Waals surface area contributed by atoms with E-state index in [1.54, 1.807) is 11.0 Å². The molecular weight excluding hydrogens is 462 g/mol. The normalized spacial score (nSPS) is 17.0. The summed E-state index contributed by atoms with van der Waals surface area (Å²) in [5.74, 6) is -0.762. The summed E-state index contributed by atoms with van der Waals surface area (Å²) in [6.45, 7) is 3.30. The molecule has 3 atom stereocenters. The van der Waals surface area contributed by atoms with E-state index in [0.717, 1.165) is 40.7 Å². The molecule has 2 N–H and O–H groups in total. The zero-order valence-electron chi connectivity index (χ0n) is 20.2. The van der Waals surface area contributed by atoms with Crippen LogP contribution < -0.4 is 10.2 Å². The molecule has 0 radical (unpaired) electrons. The topological polar surface area (TPSA) is 92.2 Å². The minimum atomic E-state index is -0.836. The van der Waals surface area contributed by atoms with Crippen molar-refractivity contribution < 1.29 is 9.59 Å². The number of carbonyl (C=O) groups excluding carboxylic acids is 2. The van der Waals surface area contributed by atoms with Gasteiger partial charge in [-0.25, -0.2) is 0 Å². The van der Waals surface area contributed by atoms with Crippen LogP contribution in [0.3, 0.4) is 0 Å². The molecule has 2 unspecified atom stereocenters. The summed E-state index contributed by atoms with van der Waals surface area (Å²) in [7, 11) is 4.04. The average Bonchev–Trinajstić information content (AvgIpc) is 3.25. The number of nitrogens with one attached hydrogen (secondary N) is 2. The first-order valence-electron chi connectivity index (χ1n) is 11.7. The lowest BCUT2D eigenvalue weighted by Gasteiger charge is -2.38. The SMILES string of the molecule is CC(c1c[nH]c2ccccc12)C(NC(=O)CC#N)C(=O)N1C[C@@H](CN(C)C)Cc2cc(Cl)ccc21. The number of halogens is 1. The smallest absolute Gasteiger partial charge is 0.250 e. The number of nitriles is 1. The standard InChI is InChI=1S/C27H30ClN5O2/c1-17(22-14-30-23-7-5-4-6-21(22)23)26(31-25(34)10-11-29)27(35)33-16-18(15-32(2)3)12-19-13-20(28)8-9-24(19)33/h4-9,13-14,17-18,26,30H,10,12,15-16H2,1-3H3,(H,31,34)/t17?,18-,26?/m1/s1. The Kier molecular flexibility index (Phi) is 7.44. The first-order valence-corrected chi connectivity index (χ1v) is 12.1. The van der Waals surface area contributed by atoms with Gasteiger partial charge in [-0.05, 0) is 61.8 Å². The van der Waals surface area contributed by atoms with Crippen molar-refractivity contribution in [3.05, 3.63) is 64.8 Å². The molecule has 7 nitrogen and oxygen atoms in total. The Morgan fingerprint density at radius 1 is 1.29 bits per heavy atom. The largest absolute Gasteiger partial charge is 0.361 e. The molecule has 1 aliphatic heterocycles. The molecule has 0 fully saturated rings. The number of hydrogen-bond acceptors (Lipinski definition) is 4. The van der Waals surface area contributed by atoms with Crippen molar-refractivity contribution in [1.29, 1.82) is 5.26 Å². The van der Waals surface area contributed by atoms with Crippen LogP contribution in [-0.4, -0.2) is 54.9 Å². The number of nitrogens with zero attached hydrogens (tertiary/aromatic N) is 3. The molecule has 0 spiro atoms. The Hall–Kier alpha value is -3.34. The molecule has 0 saturated heterocycles. The molecule has 0 aliphatic carbocycles. The highest BCUT2D eigenvalue weighted by molar-refractivity contribution is 6.30. The third kappa shape index (κ3) is 5.34. The van der Waals surface area contributed by atoms with Crippen LogP contribution in [0.5, 0.6) is 0 Å². The van der Waals surface area contributed by atoms with Gasteiger partial charge in [0.15, 0.2) is 0 Å². The van der Waals surface area contributed by atoms with Crippen LogP contribution in [-0.2, 0) is 16.0 Å². The Morgan fingerprint density at radius 2 is 2.06 bits per heavy atom. The molecular formula is C27H30ClN5O2. The number of fused-ring (bicyclic) bond motifs is 2. The second-order valence-corrected chi connectivity index (χ2v) is 9.95. The Bertz CT molecular complexity index is 1280. The van der Waals surface area contributed by atoms with Crippen LogP contribution in [0, 0.1) is 17.2 Å². The van der Waals surface area contributed by atoms with E-state index in [9.17, 15) is 9.59 Å². The van der Waals surface area contributed by atoms with E-state index in [-0.39, 0.29) is 24.2 Å². The van der Waals surface area contributed by atoms with E-state index in [2.05, 4.69) is 15.2 Å². The summed E-state index contributed by atoms with van der Waals surface area (Å²) in [5, 5.41) is 13.5. The first kappa shape index (κ1) is 24.8. The van der Waals surface area contributed by atoms with Gasteiger partial charge in [-0.2, -0.15) is 5.26 Å². The van der Waals surface area contributed by atoms with Crippen molar-refractivity contribution in [3.63, 3.8) is 0 Å². The van der Waals surface area contributed by atoms with E-state index >= 15 is 0 Å². The second-order valence-electron chi connectivity index (χ2n) is 9.51. The molecule has 0 bridgehead atoms. The van der Waals surface area contributed by atoms with Crippen LogP contribution in [0.2, 0.25) is 5.02 Å². The number of anilines is 1. The van der Waals surface area contributed by atoms with E-state index < -0.39 is 11.9 Å². The number of hydrogen-bond donors (Lipinski definition) is 2. The van der Waals surface area contributed by atoms with Gasteiger partial charge in [0.25, 0.3) is 0 Å². The van der Waals surface area contributed by atoms with Gasteiger partial charge < -0.3 is 20.1 Å². The fourth-order valence-electron chi connectivity index (χ4n) is 5.08. The molecule has 1 aromatic heterocycles. The highest BCUT2D eigenvalue weighted by Gasteiger charge is 2.37. The summed E-state index contributed by atoms with van der Waals surface area (Å²) in [4.78, 5) is 33.9. The summed E-state index contributed by atoms with van der Waals surface area (Å²) < 4.78 is 0. The molecule has 4 rings (SSSR count). The van der Waals surface area contributed by atoms with Gasteiger partial charge in [0.1, 0.15) is 12.5 Å². The highest BCUT2D eigenvalue weighted by Crippen LogP contribution is 2.35. The molecule has 35 heavy (non-hydrogen) atoms. The zero-order valence-corrected chi connectivity index (χ0v) is 21.0. The average molecular weight is 492 g/mol. The van der Waals surface area contributed by atoms with Crippen molar-refractivity contribution in [3.8, 4) is 6.07 Å². The Balaban J connectivity index is 1.73. The fourth-order valence-corrected chi connectivity index (χ4v) is 5.27. The summed E-state index contributed by atoms with van der Waals surface area (Å²) in [6, 6.07) is 14.5. The fraction of sp³-hybridized carbons (Fsp3) is 0.370. The first-order chi connectivity index (χ1) is 16.8.